The molecule has 3 heterocycles. The Bertz CT molecular complexity index is 971. The first-order chi connectivity index (χ1) is 13.2. The highest BCUT2D eigenvalue weighted by Gasteiger charge is 2.28. The third kappa shape index (κ3) is 3.25. The summed E-state index contributed by atoms with van der Waals surface area (Å²) < 4.78 is 7.22. The molecule has 2 aromatic heterocycles. The van der Waals surface area contributed by atoms with Crippen molar-refractivity contribution in [1.29, 1.82) is 0 Å². The number of methoxy groups -OCH3 is 1. The first-order valence-corrected chi connectivity index (χ1v) is 8.89. The molecule has 3 aromatic rings. The molecule has 4 rings (SSSR count). The Morgan fingerprint density at radius 1 is 1.33 bits per heavy atom. The summed E-state index contributed by atoms with van der Waals surface area (Å²) in [5.74, 6) is 1.43. The van der Waals surface area contributed by atoms with Crippen molar-refractivity contribution in [2.24, 2.45) is 0 Å². The highest BCUT2D eigenvalue weighted by molar-refractivity contribution is 5.70. The fourth-order valence-electron chi connectivity index (χ4n) is 3.53. The molecule has 0 bridgehead atoms. The second-order valence-electron chi connectivity index (χ2n) is 6.49. The van der Waals surface area contributed by atoms with Gasteiger partial charge in [0.15, 0.2) is 5.65 Å². The second-order valence-corrected chi connectivity index (χ2v) is 6.49. The fourth-order valence-corrected chi connectivity index (χ4v) is 3.53. The monoisotopic (exact) mass is 367 g/mol. The number of imidazole rings is 1. The van der Waals surface area contributed by atoms with E-state index in [9.17, 15) is 9.90 Å². The molecule has 140 valence electrons. The third-order valence-corrected chi connectivity index (χ3v) is 4.89. The Morgan fingerprint density at radius 3 is 3.00 bits per heavy atom. The minimum absolute atomic E-state index is 0.0310. The molecule has 1 saturated heterocycles. The van der Waals surface area contributed by atoms with Gasteiger partial charge >= 0.3 is 6.09 Å². The van der Waals surface area contributed by atoms with E-state index < -0.39 is 6.09 Å². The van der Waals surface area contributed by atoms with Crippen LogP contribution in [0, 0.1) is 0 Å². The molecular weight excluding hydrogens is 346 g/mol. The van der Waals surface area contributed by atoms with Gasteiger partial charge < -0.3 is 20.1 Å². The number of para-hydroxylation sites is 1. The molecule has 1 aliphatic heterocycles. The summed E-state index contributed by atoms with van der Waals surface area (Å²) in [6, 6.07) is 11.4. The number of aromatic nitrogens is 3. The molecule has 1 unspecified atom stereocenters. The summed E-state index contributed by atoms with van der Waals surface area (Å²) >= 11 is 0. The smallest absolute Gasteiger partial charge is 0.407 e. The number of carboxylic acid groups (broad SMARTS) is 1. The summed E-state index contributed by atoms with van der Waals surface area (Å²) in [5, 5.41) is 17.2. The molecule has 27 heavy (non-hydrogen) atoms. The van der Waals surface area contributed by atoms with Crippen LogP contribution in [0.15, 0.2) is 42.6 Å². The zero-order valence-electron chi connectivity index (χ0n) is 15.0. The van der Waals surface area contributed by atoms with Crippen molar-refractivity contribution < 1.29 is 14.6 Å². The molecule has 0 aliphatic carbocycles. The summed E-state index contributed by atoms with van der Waals surface area (Å²) in [4.78, 5) is 17.2. The lowest BCUT2D eigenvalue weighted by atomic mass is 10.1. The molecule has 1 atom stereocenters. The van der Waals surface area contributed by atoms with Gasteiger partial charge in [0.2, 0.25) is 0 Å². The van der Waals surface area contributed by atoms with Gasteiger partial charge in [0.25, 0.3) is 0 Å². The number of likely N-dealkylation sites (tertiary alicyclic amines) is 1. The molecule has 0 spiro atoms. The van der Waals surface area contributed by atoms with Crippen LogP contribution in [-0.4, -0.2) is 56.9 Å². The van der Waals surface area contributed by atoms with Crippen LogP contribution in [0.25, 0.3) is 16.9 Å². The molecule has 2 N–H and O–H groups in total. The predicted octanol–water partition coefficient (Wildman–Crippen LogP) is 2.96. The van der Waals surface area contributed by atoms with Gasteiger partial charge in [-0.15, -0.1) is 5.10 Å². The molecule has 1 aromatic carbocycles. The number of hydrogen-bond donors (Lipinski definition) is 2. The van der Waals surface area contributed by atoms with Gasteiger partial charge in [-0.25, -0.2) is 14.3 Å². The van der Waals surface area contributed by atoms with E-state index in [1.807, 2.05) is 36.4 Å². The molecule has 1 amide bonds. The van der Waals surface area contributed by atoms with Crippen molar-refractivity contribution in [1.82, 2.24) is 19.5 Å². The van der Waals surface area contributed by atoms with E-state index >= 15 is 0 Å². The standard InChI is InChI=1S/C19H21N5O3/c1-27-16-7-3-2-6-14(16)15-12-21-18-9-8-17(22-24(15)18)20-11-13-5-4-10-23(13)19(25)26/h2-3,6-9,12-13H,4-5,10-11H2,1H3,(H,20,22)(H,25,26). The zero-order chi connectivity index (χ0) is 18.8. The minimum atomic E-state index is -0.865. The van der Waals surface area contributed by atoms with Gasteiger partial charge in [-0.2, -0.15) is 0 Å². The van der Waals surface area contributed by atoms with Crippen molar-refractivity contribution in [3.63, 3.8) is 0 Å². The average molecular weight is 367 g/mol. The first-order valence-electron chi connectivity index (χ1n) is 8.89. The van der Waals surface area contributed by atoms with Gasteiger partial charge in [0.05, 0.1) is 25.0 Å². The molecule has 1 aliphatic rings. The quantitative estimate of drug-likeness (QED) is 0.720. The second kappa shape index (κ2) is 7.14. The van der Waals surface area contributed by atoms with Gasteiger partial charge in [-0.3, -0.25) is 0 Å². The zero-order valence-corrected chi connectivity index (χ0v) is 15.0. The first kappa shape index (κ1) is 17.1. The van der Waals surface area contributed by atoms with Crippen LogP contribution in [-0.2, 0) is 0 Å². The van der Waals surface area contributed by atoms with Crippen LogP contribution in [0.5, 0.6) is 5.75 Å². The molecular formula is C19H21N5O3. The van der Waals surface area contributed by atoms with Crippen LogP contribution < -0.4 is 10.1 Å². The lowest BCUT2D eigenvalue weighted by Gasteiger charge is -2.21. The van der Waals surface area contributed by atoms with Gasteiger partial charge in [0.1, 0.15) is 11.6 Å². The van der Waals surface area contributed by atoms with Gasteiger partial charge in [-0.05, 0) is 37.1 Å². The average Bonchev–Trinajstić information content (AvgIpc) is 3.33. The fraction of sp³-hybridized carbons (Fsp3) is 0.316. The van der Waals surface area contributed by atoms with E-state index in [0.29, 0.717) is 18.9 Å². The van der Waals surface area contributed by atoms with E-state index in [4.69, 9.17) is 4.74 Å². The van der Waals surface area contributed by atoms with E-state index in [1.54, 1.807) is 17.8 Å². The number of hydrogen-bond acceptors (Lipinski definition) is 5. The maximum Gasteiger partial charge on any atom is 0.407 e. The molecule has 1 fully saturated rings. The van der Waals surface area contributed by atoms with E-state index in [0.717, 1.165) is 35.5 Å². The molecule has 0 saturated carbocycles. The number of ether oxygens (including phenoxy) is 1. The molecule has 0 radical (unpaired) electrons. The van der Waals surface area contributed by atoms with Crippen molar-refractivity contribution >= 4 is 17.6 Å². The molecule has 8 nitrogen and oxygen atoms in total. The summed E-state index contributed by atoms with van der Waals surface area (Å²) in [6.07, 6.45) is 2.66. The van der Waals surface area contributed by atoms with E-state index in [1.165, 1.54) is 4.90 Å². The topological polar surface area (TPSA) is 92.0 Å². The van der Waals surface area contributed by atoms with E-state index in [2.05, 4.69) is 15.4 Å². The number of anilines is 1. The number of nitrogens with one attached hydrogen (secondary N) is 1. The number of benzene rings is 1. The number of rotatable bonds is 5. The van der Waals surface area contributed by atoms with Crippen molar-refractivity contribution in [3.05, 3.63) is 42.6 Å². The Morgan fingerprint density at radius 2 is 2.19 bits per heavy atom. The lowest BCUT2D eigenvalue weighted by Crippen LogP contribution is -2.38. The Labute approximate surface area is 156 Å². The Balaban J connectivity index is 1.60. The highest BCUT2D eigenvalue weighted by atomic mass is 16.5. The number of nitrogens with zero attached hydrogens (tertiary/aromatic N) is 4. The van der Waals surface area contributed by atoms with E-state index in [-0.39, 0.29) is 6.04 Å². The van der Waals surface area contributed by atoms with Crippen LogP contribution in [0.4, 0.5) is 10.6 Å². The van der Waals surface area contributed by atoms with Crippen molar-refractivity contribution in [3.8, 4) is 17.0 Å². The Hall–Kier alpha value is -3.29. The minimum Gasteiger partial charge on any atom is -0.496 e. The van der Waals surface area contributed by atoms with Crippen LogP contribution in [0.2, 0.25) is 0 Å². The lowest BCUT2D eigenvalue weighted by molar-refractivity contribution is 0.142. The summed E-state index contributed by atoms with van der Waals surface area (Å²) in [6.45, 7) is 1.12. The predicted molar refractivity (Wildman–Crippen MR) is 101 cm³/mol. The third-order valence-electron chi connectivity index (χ3n) is 4.89. The van der Waals surface area contributed by atoms with Crippen LogP contribution >= 0.6 is 0 Å². The van der Waals surface area contributed by atoms with Crippen molar-refractivity contribution in [2.45, 2.75) is 18.9 Å². The summed E-state index contributed by atoms with van der Waals surface area (Å²) in [7, 11) is 1.64. The normalized spacial score (nSPS) is 16.6. The van der Waals surface area contributed by atoms with Crippen LogP contribution in [0.1, 0.15) is 12.8 Å². The van der Waals surface area contributed by atoms with Crippen LogP contribution in [0.3, 0.4) is 0 Å². The maximum atomic E-state index is 11.3. The van der Waals surface area contributed by atoms with Crippen molar-refractivity contribution in [2.75, 3.05) is 25.5 Å². The SMILES string of the molecule is COc1ccccc1-c1cnc2ccc(NCC3CCCN3C(=O)O)nn12. The maximum absolute atomic E-state index is 11.3. The highest BCUT2D eigenvalue weighted by Crippen LogP contribution is 2.29. The molecule has 8 heteroatoms. The number of fused-ring (bicyclic) bond motifs is 1. The summed E-state index contributed by atoms with van der Waals surface area (Å²) in [5.41, 5.74) is 2.47. The number of amides is 1. The largest absolute Gasteiger partial charge is 0.496 e. The van der Waals surface area contributed by atoms with Gasteiger partial charge in [-0.1, -0.05) is 12.1 Å². The van der Waals surface area contributed by atoms with Gasteiger partial charge in [0, 0.05) is 18.7 Å². The number of carbonyl (C=O) groups is 1. The Kier molecular flexibility index (Phi) is 4.53.